The lowest BCUT2D eigenvalue weighted by Gasteiger charge is -2.05. The monoisotopic (exact) mass is 323 g/mol. The number of alkyl halides is 1. The highest BCUT2D eigenvalue weighted by Gasteiger charge is 2.20. The number of thiazole rings is 1. The molecule has 0 saturated carbocycles. The molecule has 0 N–H and O–H groups in total. The average Bonchev–Trinajstić information content (AvgIpc) is 3.00. The van der Waals surface area contributed by atoms with Gasteiger partial charge in [-0.1, -0.05) is 6.07 Å². The van der Waals surface area contributed by atoms with Gasteiger partial charge in [0, 0.05) is 17.6 Å². The van der Waals surface area contributed by atoms with Gasteiger partial charge >= 0.3 is 5.69 Å². The number of fused-ring (bicyclic) bond motifs is 1. The second kappa shape index (κ2) is 5.34. The number of nitrogens with zero attached hydrogens (tertiary/aromatic N) is 3. The van der Waals surface area contributed by atoms with E-state index >= 15 is 0 Å². The molecular formula is C13H10ClN3O3S. The van der Waals surface area contributed by atoms with E-state index in [0.29, 0.717) is 11.6 Å². The predicted molar refractivity (Wildman–Crippen MR) is 80.5 cm³/mol. The lowest BCUT2D eigenvalue weighted by molar-refractivity contribution is -0.385. The Morgan fingerprint density at radius 1 is 1.52 bits per heavy atom. The Labute approximate surface area is 128 Å². The smallest absolute Gasteiger partial charge is 0.311 e. The van der Waals surface area contributed by atoms with Crippen LogP contribution in [0.3, 0.4) is 0 Å². The maximum Gasteiger partial charge on any atom is 0.311 e. The number of ether oxygens (including phenoxy) is 1. The summed E-state index contributed by atoms with van der Waals surface area (Å²) in [4.78, 5) is 15.7. The molecule has 3 aromatic rings. The quantitative estimate of drug-likeness (QED) is 0.411. The van der Waals surface area contributed by atoms with Crippen LogP contribution in [0.25, 0.3) is 4.96 Å². The molecule has 0 fully saturated rings. The van der Waals surface area contributed by atoms with E-state index in [2.05, 4.69) is 4.98 Å². The first-order valence-electron chi connectivity index (χ1n) is 6.03. The topological polar surface area (TPSA) is 69.7 Å². The standard InChI is InChI=1S/C13H10ClN3O3S/c1-8-2-3-11(9(6-8)17(18)19)20-12-10(7-14)16-4-5-21-13(16)15-12/h2-6H,7H2,1H3. The van der Waals surface area contributed by atoms with Gasteiger partial charge in [0.15, 0.2) is 4.96 Å². The highest BCUT2D eigenvalue weighted by Crippen LogP contribution is 2.34. The fourth-order valence-corrected chi connectivity index (χ4v) is 2.94. The SMILES string of the molecule is Cc1ccc(Oc2nc3sccn3c2CCl)c([N+](=O)[O-])c1. The largest absolute Gasteiger partial charge is 0.430 e. The van der Waals surface area contributed by atoms with Crippen molar-refractivity contribution in [2.24, 2.45) is 0 Å². The van der Waals surface area contributed by atoms with Crippen molar-refractivity contribution in [3.8, 4) is 11.6 Å². The van der Waals surface area contributed by atoms with Crippen LogP contribution in [0.15, 0.2) is 29.8 Å². The Morgan fingerprint density at radius 3 is 3.05 bits per heavy atom. The summed E-state index contributed by atoms with van der Waals surface area (Å²) >= 11 is 7.37. The number of hydrogen-bond donors (Lipinski definition) is 0. The number of imidazole rings is 1. The number of benzene rings is 1. The van der Waals surface area contributed by atoms with E-state index in [-0.39, 0.29) is 17.3 Å². The van der Waals surface area contributed by atoms with E-state index < -0.39 is 4.92 Å². The summed E-state index contributed by atoms with van der Waals surface area (Å²) in [7, 11) is 0. The Kier molecular flexibility index (Phi) is 3.52. The van der Waals surface area contributed by atoms with E-state index in [1.165, 1.54) is 17.4 Å². The summed E-state index contributed by atoms with van der Waals surface area (Å²) < 4.78 is 7.45. The minimum absolute atomic E-state index is 0.0909. The summed E-state index contributed by atoms with van der Waals surface area (Å²) in [6, 6.07) is 4.79. The van der Waals surface area contributed by atoms with Crippen LogP contribution in [0, 0.1) is 17.0 Å². The maximum atomic E-state index is 11.1. The van der Waals surface area contributed by atoms with E-state index in [4.69, 9.17) is 16.3 Å². The van der Waals surface area contributed by atoms with Gasteiger partial charge in [-0.25, -0.2) is 0 Å². The van der Waals surface area contributed by atoms with Crippen molar-refractivity contribution in [1.82, 2.24) is 9.38 Å². The third-order valence-corrected chi connectivity index (χ3v) is 3.98. The molecule has 108 valence electrons. The van der Waals surface area contributed by atoms with Crippen molar-refractivity contribution in [1.29, 1.82) is 0 Å². The normalized spacial score (nSPS) is 11.0. The fraction of sp³-hybridized carbons (Fsp3) is 0.154. The Bertz CT molecular complexity index is 827. The fourth-order valence-electron chi connectivity index (χ4n) is 1.98. The first-order valence-corrected chi connectivity index (χ1v) is 7.45. The van der Waals surface area contributed by atoms with Gasteiger partial charge in [-0.05, 0) is 18.6 Å². The summed E-state index contributed by atoms with van der Waals surface area (Å²) in [5, 5.41) is 13.0. The lowest BCUT2D eigenvalue weighted by Crippen LogP contribution is -1.96. The number of nitro groups is 1. The number of rotatable bonds is 4. The van der Waals surface area contributed by atoms with Gasteiger partial charge in [-0.15, -0.1) is 22.9 Å². The lowest BCUT2D eigenvalue weighted by atomic mass is 10.2. The van der Waals surface area contributed by atoms with Crippen molar-refractivity contribution in [3.63, 3.8) is 0 Å². The number of nitro benzene ring substituents is 1. The van der Waals surface area contributed by atoms with E-state index in [1.807, 2.05) is 16.0 Å². The molecule has 0 spiro atoms. The van der Waals surface area contributed by atoms with Crippen LogP contribution < -0.4 is 4.74 Å². The molecule has 0 aliphatic rings. The predicted octanol–water partition coefficient (Wildman–Crippen LogP) is 4.14. The Hall–Kier alpha value is -2.12. The van der Waals surface area contributed by atoms with Crippen LogP contribution >= 0.6 is 22.9 Å². The van der Waals surface area contributed by atoms with Crippen molar-refractivity contribution >= 4 is 33.6 Å². The van der Waals surface area contributed by atoms with E-state index in [9.17, 15) is 10.1 Å². The molecule has 2 aromatic heterocycles. The minimum atomic E-state index is -0.471. The molecule has 2 heterocycles. The summed E-state index contributed by atoms with van der Waals surface area (Å²) in [5.41, 5.74) is 1.37. The average molecular weight is 324 g/mol. The van der Waals surface area contributed by atoms with Crippen molar-refractivity contribution < 1.29 is 9.66 Å². The van der Waals surface area contributed by atoms with Crippen LogP contribution in [0.1, 0.15) is 11.3 Å². The van der Waals surface area contributed by atoms with Crippen LogP contribution in [0.2, 0.25) is 0 Å². The maximum absolute atomic E-state index is 11.1. The molecule has 0 radical (unpaired) electrons. The van der Waals surface area contributed by atoms with Gasteiger partial charge in [-0.3, -0.25) is 14.5 Å². The van der Waals surface area contributed by atoms with Gasteiger partial charge in [0.1, 0.15) is 5.69 Å². The van der Waals surface area contributed by atoms with Crippen molar-refractivity contribution in [3.05, 3.63) is 51.1 Å². The molecule has 0 aliphatic carbocycles. The molecule has 8 heteroatoms. The molecule has 3 rings (SSSR count). The van der Waals surface area contributed by atoms with Crippen molar-refractivity contribution in [2.45, 2.75) is 12.8 Å². The molecule has 0 bridgehead atoms. The third kappa shape index (κ3) is 2.45. The van der Waals surface area contributed by atoms with Crippen molar-refractivity contribution in [2.75, 3.05) is 0 Å². The minimum Gasteiger partial charge on any atom is -0.430 e. The zero-order chi connectivity index (χ0) is 15.0. The third-order valence-electron chi connectivity index (χ3n) is 2.97. The first-order chi connectivity index (χ1) is 10.1. The highest BCUT2D eigenvalue weighted by atomic mass is 35.5. The van der Waals surface area contributed by atoms with Crippen LogP contribution in [-0.4, -0.2) is 14.3 Å². The molecule has 21 heavy (non-hydrogen) atoms. The molecule has 0 aliphatic heterocycles. The molecule has 0 unspecified atom stereocenters. The van der Waals surface area contributed by atoms with Gasteiger partial charge < -0.3 is 4.74 Å². The zero-order valence-electron chi connectivity index (χ0n) is 10.9. The van der Waals surface area contributed by atoms with Gasteiger partial charge in [0.05, 0.1) is 10.8 Å². The van der Waals surface area contributed by atoms with Gasteiger partial charge in [-0.2, -0.15) is 4.98 Å². The van der Waals surface area contributed by atoms with E-state index in [0.717, 1.165) is 10.5 Å². The van der Waals surface area contributed by atoms with Crippen LogP contribution in [0.4, 0.5) is 5.69 Å². The second-order valence-corrected chi connectivity index (χ2v) is 5.52. The van der Waals surface area contributed by atoms with Gasteiger partial charge in [0.25, 0.3) is 0 Å². The van der Waals surface area contributed by atoms with Crippen LogP contribution in [0.5, 0.6) is 11.6 Å². The van der Waals surface area contributed by atoms with E-state index in [1.54, 1.807) is 19.1 Å². The summed E-state index contributed by atoms with van der Waals surface area (Å²) in [6.07, 6.45) is 1.83. The highest BCUT2D eigenvalue weighted by molar-refractivity contribution is 7.15. The summed E-state index contributed by atoms with van der Waals surface area (Å²) in [6.45, 7) is 1.79. The molecule has 1 aromatic carbocycles. The molecular weight excluding hydrogens is 314 g/mol. The summed E-state index contributed by atoms with van der Waals surface area (Å²) in [5.74, 6) is 0.652. The Balaban J connectivity index is 2.06. The zero-order valence-corrected chi connectivity index (χ0v) is 12.5. The molecule has 0 saturated heterocycles. The second-order valence-electron chi connectivity index (χ2n) is 4.38. The number of hydrogen-bond acceptors (Lipinski definition) is 5. The molecule has 6 nitrogen and oxygen atoms in total. The van der Waals surface area contributed by atoms with Gasteiger partial charge in [0.2, 0.25) is 11.6 Å². The number of aryl methyl sites for hydroxylation is 1. The number of halogens is 1. The first kappa shape index (κ1) is 13.8. The Morgan fingerprint density at radius 2 is 2.33 bits per heavy atom. The molecule has 0 atom stereocenters. The van der Waals surface area contributed by atoms with Crippen LogP contribution in [-0.2, 0) is 5.88 Å². The molecule has 0 amide bonds. The number of aromatic nitrogens is 2.